The van der Waals surface area contributed by atoms with Crippen molar-refractivity contribution in [3.63, 3.8) is 0 Å². The lowest BCUT2D eigenvalue weighted by atomic mass is 9.81. The third-order valence-corrected chi connectivity index (χ3v) is 8.08. The number of carbonyl (C=O) groups excluding carboxylic acids is 2. The Morgan fingerprint density at radius 3 is 2.39 bits per heavy atom. The number of amides is 2. The maximum atomic E-state index is 14.0. The number of nitrogens with one attached hydrogen (secondary N) is 2. The highest BCUT2D eigenvalue weighted by atomic mass is 19.3. The molecule has 5 rings (SSSR count). The van der Waals surface area contributed by atoms with Gasteiger partial charge in [0.25, 0.3) is 5.91 Å². The van der Waals surface area contributed by atoms with Crippen molar-refractivity contribution >= 4 is 17.5 Å². The first kappa shape index (κ1) is 28.9. The second kappa shape index (κ2) is 11.0. The molecule has 0 aliphatic heterocycles. The van der Waals surface area contributed by atoms with Crippen LogP contribution in [-0.4, -0.2) is 49.1 Å². The van der Waals surface area contributed by atoms with Gasteiger partial charge in [-0.3, -0.25) is 9.59 Å². The van der Waals surface area contributed by atoms with E-state index in [1.807, 2.05) is 0 Å². The zero-order valence-corrected chi connectivity index (χ0v) is 23.0. The van der Waals surface area contributed by atoms with E-state index >= 15 is 0 Å². The molecule has 3 aromatic heterocycles. The van der Waals surface area contributed by atoms with Crippen LogP contribution in [-0.2, 0) is 4.79 Å². The Kier molecular flexibility index (Phi) is 7.77. The van der Waals surface area contributed by atoms with Crippen molar-refractivity contribution < 1.29 is 31.8 Å². The molecule has 1 unspecified atom stereocenters. The molecule has 0 aromatic carbocycles. The molecule has 2 N–H and O–H groups in total. The van der Waals surface area contributed by atoms with Gasteiger partial charge in [0.05, 0.1) is 30.2 Å². The predicted octanol–water partition coefficient (Wildman–Crippen LogP) is 4.97. The smallest absolute Gasteiger partial charge is 0.276 e. The Bertz CT molecular complexity index is 1410. The second-order valence-electron chi connectivity index (χ2n) is 11.9. The van der Waals surface area contributed by atoms with Crippen LogP contribution in [0.3, 0.4) is 0 Å². The highest BCUT2D eigenvalue weighted by Crippen LogP contribution is 2.43. The van der Waals surface area contributed by atoms with E-state index in [-0.39, 0.29) is 43.2 Å². The molecule has 2 saturated carbocycles. The first-order valence-corrected chi connectivity index (χ1v) is 13.8. The van der Waals surface area contributed by atoms with Gasteiger partial charge in [0, 0.05) is 24.7 Å². The van der Waals surface area contributed by atoms with Gasteiger partial charge in [-0.15, -0.1) is 0 Å². The Balaban J connectivity index is 1.42. The lowest BCUT2D eigenvalue weighted by molar-refractivity contribution is -0.132. The Morgan fingerprint density at radius 1 is 1.10 bits per heavy atom. The van der Waals surface area contributed by atoms with Crippen LogP contribution < -0.4 is 10.6 Å². The summed E-state index contributed by atoms with van der Waals surface area (Å²) in [5.74, 6) is -3.93. The van der Waals surface area contributed by atoms with E-state index in [1.165, 1.54) is 18.4 Å². The van der Waals surface area contributed by atoms with Crippen molar-refractivity contribution in [1.82, 2.24) is 35.5 Å². The summed E-state index contributed by atoms with van der Waals surface area (Å²) in [4.78, 5) is 30.6. The van der Waals surface area contributed by atoms with Crippen LogP contribution >= 0.6 is 0 Å². The average molecular weight is 580 g/mol. The van der Waals surface area contributed by atoms with Gasteiger partial charge in [-0.2, -0.15) is 5.10 Å². The molecule has 0 spiro atoms. The fraction of sp³-hybridized carbons (Fsp3) is 0.630. The van der Waals surface area contributed by atoms with Crippen molar-refractivity contribution in [1.29, 1.82) is 0 Å². The van der Waals surface area contributed by atoms with Crippen LogP contribution in [0.4, 0.5) is 17.6 Å². The first-order valence-electron chi connectivity index (χ1n) is 13.8. The molecule has 0 radical (unpaired) electrons. The van der Waals surface area contributed by atoms with E-state index in [1.54, 1.807) is 25.4 Å². The summed E-state index contributed by atoms with van der Waals surface area (Å²) < 4.78 is 60.1. The third-order valence-electron chi connectivity index (χ3n) is 8.08. The Hall–Kier alpha value is -3.58. The quantitative estimate of drug-likeness (QED) is 0.325. The lowest BCUT2D eigenvalue weighted by Gasteiger charge is -2.33. The highest BCUT2D eigenvalue weighted by molar-refractivity contribution is 5.93. The van der Waals surface area contributed by atoms with E-state index in [0.717, 1.165) is 12.8 Å². The summed E-state index contributed by atoms with van der Waals surface area (Å²) in [6.07, 6.45) is 1.61. The number of aromatic nitrogens is 5. The molecule has 10 nitrogen and oxygen atoms in total. The topological polar surface area (TPSA) is 127 Å². The minimum Gasteiger partial charge on any atom is -0.348 e. The maximum Gasteiger partial charge on any atom is 0.276 e. The van der Waals surface area contributed by atoms with Crippen LogP contribution in [0.15, 0.2) is 23.1 Å². The molecule has 2 fully saturated rings. The van der Waals surface area contributed by atoms with Crippen LogP contribution in [0, 0.1) is 24.2 Å². The van der Waals surface area contributed by atoms with Crippen molar-refractivity contribution in [2.45, 2.75) is 90.1 Å². The van der Waals surface area contributed by atoms with E-state index in [0.29, 0.717) is 22.6 Å². The number of fused-ring (bicyclic) bond motifs is 1. The number of imidazole rings is 1. The van der Waals surface area contributed by atoms with Crippen LogP contribution in [0.1, 0.15) is 98.3 Å². The molecule has 2 atom stereocenters. The second-order valence-corrected chi connectivity index (χ2v) is 11.9. The van der Waals surface area contributed by atoms with Crippen molar-refractivity contribution in [2.75, 3.05) is 0 Å². The molecule has 0 saturated heterocycles. The molecule has 2 aliphatic carbocycles. The van der Waals surface area contributed by atoms with E-state index in [4.69, 9.17) is 4.98 Å². The Labute approximate surface area is 233 Å². The number of hydrogen-bond donors (Lipinski definition) is 2. The summed E-state index contributed by atoms with van der Waals surface area (Å²) in [5.41, 5.74) is 0.599. The number of hydrogen-bond acceptors (Lipinski definition) is 7. The minimum atomic E-state index is -2.75. The van der Waals surface area contributed by atoms with Gasteiger partial charge < -0.3 is 10.6 Å². The zero-order valence-electron chi connectivity index (χ0n) is 23.0. The van der Waals surface area contributed by atoms with Gasteiger partial charge in [-0.1, -0.05) is 19.0 Å². The van der Waals surface area contributed by atoms with E-state index < -0.39 is 48.1 Å². The van der Waals surface area contributed by atoms with Crippen molar-refractivity contribution in [3.8, 4) is 0 Å². The van der Waals surface area contributed by atoms with Gasteiger partial charge in [0.15, 0.2) is 11.3 Å². The van der Waals surface area contributed by atoms with Crippen LogP contribution in [0.2, 0.25) is 0 Å². The molecule has 41 heavy (non-hydrogen) atoms. The normalized spacial score (nSPS) is 19.3. The number of nitrogens with zero attached hydrogens (tertiary/aromatic N) is 5. The maximum absolute atomic E-state index is 14.0. The molecule has 222 valence electrons. The first-order chi connectivity index (χ1) is 19.3. The highest BCUT2D eigenvalue weighted by Gasteiger charge is 2.41. The molecule has 3 heterocycles. The number of aryl methyl sites for hydroxylation is 1. The van der Waals surface area contributed by atoms with Gasteiger partial charge in [-0.05, 0) is 61.2 Å². The number of halogens is 4. The number of alkyl halides is 4. The van der Waals surface area contributed by atoms with Gasteiger partial charge >= 0.3 is 0 Å². The summed E-state index contributed by atoms with van der Waals surface area (Å²) in [6, 6.07) is 0.643. The predicted molar refractivity (Wildman–Crippen MR) is 137 cm³/mol. The molecule has 14 heteroatoms. The minimum absolute atomic E-state index is 0.00176. The van der Waals surface area contributed by atoms with Gasteiger partial charge in [0.1, 0.15) is 5.69 Å². The largest absolute Gasteiger partial charge is 0.348 e. The van der Waals surface area contributed by atoms with E-state index in [2.05, 4.69) is 30.7 Å². The van der Waals surface area contributed by atoms with Crippen LogP contribution in [0.25, 0.3) is 5.65 Å². The van der Waals surface area contributed by atoms with Crippen LogP contribution in [0.5, 0.6) is 0 Å². The SMILES string of the molecule is Cc1nonc1C(=O)N[C@H](c1cn2ncc(C(NC(=O)C(C)(C)CC(F)F)C3CC3)cc2n1)C1CCC(F)(F)CC1. The fourth-order valence-corrected chi connectivity index (χ4v) is 5.42. The van der Waals surface area contributed by atoms with E-state index in [9.17, 15) is 27.2 Å². The van der Waals surface area contributed by atoms with Crippen molar-refractivity contribution in [3.05, 3.63) is 41.1 Å². The summed E-state index contributed by atoms with van der Waals surface area (Å²) in [5, 5.41) is 17.6. The average Bonchev–Trinajstić information content (AvgIpc) is 3.50. The Morgan fingerprint density at radius 2 is 1.78 bits per heavy atom. The standard InChI is InChI=1S/C27H33F4N7O3/c1-14-21(37-41-36-14)24(39)34-23(16-6-8-27(30,31)9-7-16)18-13-38-20(33-18)10-17(12-32-38)22(15-4-5-15)35-25(40)26(2,3)11-19(28)29/h10,12-13,15-16,19,22-23H,4-9,11H2,1-3H3,(H,34,39)(H,35,40)/t22?,23-/m0/s1. The van der Waals surface area contributed by atoms with Gasteiger partial charge in [-0.25, -0.2) is 31.7 Å². The number of carbonyl (C=O) groups is 2. The van der Waals surface area contributed by atoms with Gasteiger partial charge in [0.2, 0.25) is 18.3 Å². The number of rotatable bonds is 10. The lowest BCUT2D eigenvalue weighted by Crippen LogP contribution is -2.40. The van der Waals surface area contributed by atoms with Crippen molar-refractivity contribution in [2.24, 2.45) is 17.3 Å². The summed E-state index contributed by atoms with van der Waals surface area (Å²) >= 11 is 0. The molecular weight excluding hydrogens is 546 g/mol. The fourth-order valence-electron chi connectivity index (χ4n) is 5.42. The molecular formula is C27H33F4N7O3. The summed E-state index contributed by atoms with van der Waals surface area (Å²) in [7, 11) is 0. The molecule has 3 aromatic rings. The summed E-state index contributed by atoms with van der Waals surface area (Å²) in [6.45, 7) is 4.56. The molecule has 0 bridgehead atoms. The molecule has 2 aliphatic rings. The third kappa shape index (κ3) is 6.51. The zero-order chi connectivity index (χ0) is 29.5. The molecule has 2 amide bonds. The monoisotopic (exact) mass is 579 g/mol.